The third kappa shape index (κ3) is 3.65. The van der Waals surface area contributed by atoms with Crippen LogP contribution in [0.15, 0.2) is 47.1 Å². The predicted octanol–water partition coefficient (Wildman–Crippen LogP) is 4.86. The zero-order valence-electron chi connectivity index (χ0n) is 12.1. The number of ether oxygens (including phenoxy) is 1. The molecule has 3 rings (SSSR count). The molecular formula is C17H17BrN2O2. The molecule has 1 heterocycles. The SMILES string of the molecule is O=C(Nc1ncc(C2CCC2)cc1Br)OCc1ccccc1. The monoisotopic (exact) mass is 360 g/mol. The number of hydrogen-bond donors (Lipinski definition) is 1. The average Bonchev–Trinajstić information content (AvgIpc) is 2.47. The van der Waals surface area contributed by atoms with Crippen molar-refractivity contribution in [1.82, 2.24) is 4.98 Å². The Kier molecular flexibility index (Phi) is 4.73. The quantitative estimate of drug-likeness (QED) is 0.846. The molecule has 0 spiro atoms. The standard InChI is InChI=1S/C17H17BrN2O2/c18-15-9-14(13-7-4-8-13)10-19-16(15)20-17(21)22-11-12-5-2-1-3-6-12/h1-3,5-6,9-10,13H,4,7-8,11H2,(H,19,20,21). The molecule has 2 aromatic rings. The molecule has 1 aliphatic rings. The molecule has 1 aromatic carbocycles. The van der Waals surface area contributed by atoms with Gasteiger partial charge in [-0.15, -0.1) is 0 Å². The normalized spacial score (nSPS) is 14.2. The molecule has 1 fully saturated rings. The van der Waals surface area contributed by atoms with E-state index in [-0.39, 0.29) is 6.61 Å². The molecule has 1 N–H and O–H groups in total. The van der Waals surface area contributed by atoms with Crippen molar-refractivity contribution >= 4 is 27.8 Å². The number of carbonyl (C=O) groups is 1. The molecule has 0 saturated heterocycles. The van der Waals surface area contributed by atoms with Gasteiger partial charge in [0.05, 0.1) is 4.47 Å². The lowest BCUT2D eigenvalue weighted by molar-refractivity contribution is 0.155. The van der Waals surface area contributed by atoms with Gasteiger partial charge < -0.3 is 4.74 Å². The Hall–Kier alpha value is -1.88. The summed E-state index contributed by atoms with van der Waals surface area (Å²) in [4.78, 5) is 16.1. The first-order chi connectivity index (χ1) is 10.7. The third-order valence-corrected chi connectivity index (χ3v) is 4.48. The second kappa shape index (κ2) is 6.92. The number of carbonyl (C=O) groups excluding carboxylic acids is 1. The van der Waals surface area contributed by atoms with E-state index in [9.17, 15) is 4.79 Å². The molecule has 22 heavy (non-hydrogen) atoms. The van der Waals surface area contributed by atoms with Gasteiger partial charge in [-0.05, 0) is 51.9 Å². The molecule has 0 bridgehead atoms. The highest BCUT2D eigenvalue weighted by Gasteiger charge is 2.21. The Labute approximate surface area is 138 Å². The smallest absolute Gasteiger partial charge is 0.413 e. The average molecular weight is 361 g/mol. The number of rotatable bonds is 4. The van der Waals surface area contributed by atoms with Crippen LogP contribution in [0.25, 0.3) is 0 Å². The highest BCUT2D eigenvalue weighted by molar-refractivity contribution is 9.10. The van der Waals surface area contributed by atoms with Gasteiger partial charge in [0.2, 0.25) is 0 Å². The summed E-state index contributed by atoms with van der Waals surface area (Å²) in [5, 5.41) is 2.66. The van der Waals surface area contributed by atoms with Crippen LogP contribution in [-0.4, -0.2) is 11.1 Å². The van der Waals surface area contributed by atoms with E-state index in [1.54, 1.807) is 0 Å². The Balaban J connectivity index is 1.56. The minimum absolute atomic E-state index is 0.241. The van der Waals surface area contributed by atoms with Gasteiger partial charge in [0, 0.05) is 6.20 Å². The molecule has 114 valence electrons. The fourth-order valence-electron chi connectivity index (χ4n) is 2.37. The molecule has 0 unspecified atom stereocenters. The first-order valence-electron chi connectivity index (χ1n) is 7.35. The van der Waals surface area contributed by atoms with Gasteiger partial charge in [0.25, 0.3) is 0 Å². The Morgan fingerprint density at radius 2 is 2.09 bits per heavy atom. The van der Waals surface area contributed by atoms with Crippen LogP contribution in [0.5, 0.6) is 0 Å². The maximum Gasteiger partial charge on any atom is 0.413 e. The number of aromatic nitrogens is 1. The fourth-order valence-corrected chi connectivity index (χ4v) is 2.83. The van der Waals surface area contributed by atoms with E-state index in [0.29, 0.717) is 11.7 Å². The van der Waals surface area contributed by atoms with E-state index in [4.69, 9.17) is 4.74 Å². The molecule has 1 aliphatic carbocycles. The molecule has 1 amide bonds. The first-order valence-corrected chi connectivity index (χ1v) is 8.15. The second-order valence-corrected chi connectivity index (χ2v) is 6.27. The highest BCUT2D eigenvalue weighted by Crippen LogP contribution is 2.37. The number of amides is 1. The number of pyridine rings is 1. The van der Waals surface area contributed by atoms with Crippen LogP contribution in [-0.2, 0) is 11.3 Å². The third-order valence-electron chi connectivity index (χ3n) is 3.87. The summed E-state index contributed by atoms with van der Waals surface area (Å²) in [5.74, 6) is 1.10. The minimum atomic E-state index is -0.506. The number of halogens is 1. The zero-order chi connectivity index (χ0) is 15.4. The van der Waals surface area contributed by atoms with E-state index in [1.807, 2.05) is 42.6 Å². The Bertz CT molecular complexity index is 657. The van der Waals surface area contributed by atoms with Crippen molar-refractivity contribution < 1.29 is 9.53 Å². The molecule has 1 saturated carbocycles. The van der Waals surface area contributed by atoms with Gasteiger partial charge in [-0.2, -0.15) is 0 Å². The highest BCUT2D eigenvalue weighted by atomic mass is 79.9. The van der Waals surface area contributed by atoms with E-state index in [1.165, 1.54) is 24.8 Å². The van der Waals surface area contributed by atoms with Crippen LogP contribution >= 0.6 is 15.9 Å². The Morgan fingerprint density at radius 1 is 1.32 bits per heavy atom. The van der Waals surface area contributed by atoms with Crippen molar-refractivity contribution in [3.63, 3.8) is 0 Å². The van der Waals surface area contributed by atoms with Gasteiger partial charge in [-0.3, -0.25) is 5.32 Å². The minimum Gasteiger partial charge on any atom is -0.444 e. The van der Waals surface area contributed by atoms with Crippen LogP contribution in [0.2, 0.25) is 0 Å². The van der Waals surface area contributed by atoms with Gasteiger partial charge in [0.1, 0.15) is 12.4 Å². The summed E-state index contributed by atoms with van der Waals surface area (Å²) in [7, 11) is 0. The molecule has 0 radical (unpaired) electrons. The maximum absolute atomic E-state index is 11.8. The van der Waals surface area contributed by atoms with Gasteiger partial charge >= 0.3 is 6.09 Å². The molecule has 0 atom stereocenters. The summed E-state index contributed by atoms with van der Waals surface area (Å²) in [6.45, 7) is 0.241. The van der Waals surface area contributed by atoms with Crippen LogP contribution in [0.1, 0.15) is 36.3 Å². The number of nitrogens with zero attached hydrogens (tertiary/aromatic N) is 1. The largest absolute Gasteiger partial charge is 0.444 e. The molecular weight excluding hydrogens is 344 g/mol. The topological polar surface area (TPSA) is 51.2 Å². The molecule has 5 heteroatoms. The van der Waals surface area contributed by atoms with Crippen molar-refractivity contribution in [2.24, 2.45) is 0 Å². The van der Waals surface area contributed by atoms with Crippen LogP contribution < -0.4 is 5.32 Å². The van der Waals surface area contributed by atoms with Gasteiger partial charge in [-0.1, -0.05) is 36.8 Å². The second-order valence-electron chi connectivity index (χ2n) is 5.41. The molecule has 1 aromatic heterocycles. The van der Waals surface area contributed by atoms with E-state index < -0.39 is 6.09 Å². The zero-order valence-corrected chi connectivity index (χ0v) is 13.7. The van der Waals surface area contributed by atoms with Crippen molar-refractivity contribution in [2.75, 3.05) is 5.32 Å². The first kappa shape index (κ1) is 15.0. The lowest BCUT2D eigenvalue weighted by Gasteiger charge is -2.25. The summed E-state index contributed by atoms with van der Waals surface area (Å²) in [6.07, 6.45) is 5.06. The van der Waals surface area contributed by atoms with E-state index in [0.717, 1.165) is 10.0 Å². The molecule has 4 nitrogen and oxygen atoms in total. The van der Waals surface area contributed by atoms with Crippen LogP contribution in [0.4, 0.5) is 10.6 Å². The van der Waals surface area contributed by atoms with Crippen LogP contribution in [0, 0.1) is 0 Å². The maximum atomic E-state index is 11.8. The summed E-state index contributed by atoms with van der Waals surface area (Å²) < 4.78 is 5.97. The Morgan fingerprint density at radius 3 is 2.73 bits per heavy atom. The van der Waals surface area contributed by atoms with Crippen molar-refractivity contribution in [2.45, 2.75) is 31.8 Å². The number of nitrogens with one attached hydrogen (secondary N) is 1. The predicted molar refractivity (Wildman–Crippen MR) is 88.8 cm³/mol. The van der Waals surface area contributed by atoms with Crippen LogP contribution in [0.3, 0.4) is 0 Å². The summed E-state index contributed by atoms with van der Waals surface area (Å²) >= 11 is 3.46. The number of hydrogen-bond acceptors (Lipinski definition) is 3. The van der Waals surface area contributed by atoms with Crippen molar-refractivity contribution in [1.29, 1.82) is 0 Å². The summed E-state index contributed by atoms with van der Waals surface area (Å²) in [5.41, 5.74) is 2.17. The lowest BCUT2D eigenvalue weighted by Crippen LogP contribution is -2.15. The van der Waals surface area contributed by atoms with Gasteiger partial charge in [0.15, 0.2) is 0 Å². The number of anilines is 1. The summed E-state index contributed by atoms with van der Waals surface area (Å²) in [6, 6.07) is 11.6. The van der Waals surface area contributed by atoms with Crippen molar-refractivity contribution in [3.05, 3.63) is 58.2 Å². The van der Waals surface area contributed by atoms with Crippen molar-refractivity contribution in [3.8, 4) is 0 Å². The van der Waals surface area contributed by atoms with E-state index in [2.05, 4.69) is 26.2 Å². The fraction of sp³-hybridized carbons (Fsp3) is 0.294. The molecule has 0 aliphatic heterocycles. The lowest BCUT2D eigenvalue weighted by atomic mass is 9.81. The van der Waals surface area contributed by atoms with E-state index >= 15 is 0 Å². The van der Waals surface area contributed by atoms with Gasteiger partial charge in [-0.25, -0.2) is 9.78 Å². The number of benzene rings is 1.